The van der Waals surface area contributed by atoms with Gasteiger partial charge in [-0.25, -0.2) is 13.8 Å². The quantitative estimate of drug-likeness (QED) is 0.514. The molecule has 33 heavy (non-hydrogen) atoms. The van der Waals surface area contributed by atoms with Crippen LogP contribution in [0.15, 0.2) is 54.7 Å². The van der Waals surface area contributed by atoms with Gasteiger partial charge in [0.05, 0.1) is 11.8 Å². The van der Waals surface area contributed by atoms with E-state index in [1.165, 1.54) is 22.7 Å². The first-order valence-corrected chi connectivity index (χ1v) is 10.5. The van der Waals surface area contributed by atoms with Gasteiger partial charge in [0.15, 0.2) is 11.5 Å². The van der Waals surface area contributed by atoms with E-state index in [0.717, 1.165) is 24.5 Å². The summed E-state index contributed by atoms with van der Waals surface area (Å²) in [6, 6.07) is 13.0. The molecule has 0 aliphatic carbocycles. The summed E-state index contributed by atoms with van der Waals surface area (Å²) in [7, 11) is 0. The van der Waals surface area contributed by atoms with Crippen molar-refractivity contribution in [1.82, 2.24) is 24.5 Å². The Morgan fingerprint density at radius 1 is 0.939 bits per heavy atom. The lowest BCUT2D eigenvalue weighted by molar-refractivity contribution is -0.129. The molecule has 168 valence electrons. The summed E-state index contributed by atoms with van der Waals surface area (Å²) in [6.45, 7) is 4.52. The van der Waals surface area contributed by atoms with Crippen LogP contribution in [0.3, 0.4) is 0 Å². The lowest BCUT2D eigenvalue weighted by Crippen LogP contribution is -2.48. The topological polar surface area (TPSA) is 78.7 Å². The van der Waals surface area contributed by atoms with E-state index in [0.29, 0.717) is 18.7 Å². The molecule has 0 atom stereocenters. The molecular formula is C23H21F2N7O. The maximum absolute atomic E-state index is 14.3. The van der Waals surface area contributed by atoms with Crippen LogP contribution in [0.5, 0.6) is 0 Å². The molecule has 10 heteroatoms. The average molecular weight is 449 g/mol. The number of aromatic nitrogens is 4. The molecule has 0 unspecified atom stereocenters. The van der Waals surface area contributed by atoms with Crippen molar-refractivity contribution in [1.29, 1.82) is 0 Å². The van der Waals surface area contributed by atoms with E-state index in [-0.39, 0.29) is 23.2 Å². The second-order valence-corrected chi connectivity index (χ2v) is 7.73. The highest BCUT2D eigenvalue weighted by Crippen LogP contribution is 2.26. The van der Waals surface area contributed by atoms with Gasteiger partial charge in [0, 0.05) is 50.5 Å². The zero-order valence-corrected chi connectivity index (χ0v) is 17.9. The molecule has 2 aromatic heterocycles. The van der Waals surface area contributed by atoms with E-state index in [1.54, 1.807) is 19.2 Å². The van der Waals surface area contributed by atoms with Gasteiger partial charge in [-0.05, 0) is 36.4 Å². The van der Waals surface area contributed by atoms with Crippen LogP contribution in [0.2, 0.25) is 0 Å². The van der Waals surface area contributed by atoms with Crippen LogP contribution in [-0.2, 0) is 4.79 Å². The van der Waals surface area contributed by atoms with Crippen molar-refractivity contribution in [3.05, 3.63) is 66.4 Å². The molecule has 1 amide bonds. The van der Waals surface area contributed by atoms with Crippen molar-refractivity contribution in [2.75, 3.05) is 36.4 Å². The summed E-state index contributed by atoms with van der Waals surface area (Å²) in [5.74, 6) is -1.16. The standard InChI is InChI=1S/C23H21F2N7O/c1-15(33)30-11-13-31(14-12-30)17-7-5-16(6-8-17)27-23-29-22(28-20-9-10-26-32(20)23)21-18(24)3-2-4-19(21)25/h2-10H,11-14H2,1H3,(H,27,28,29). The molecular weight excluding hydrogens is 428 g/mol. The van der Waals surface area contributed by atoms with Crippen LogP contribution in [0.25, 0.3) is 17.0 Å². The van der Waals surface area contributed by atoms with Gasteiger partial charge in [-0.3, -0.25) is 4.79 Å². The lowest BCUT2D eigenvalue weighted by Gasteiger charge is -2.35. The van der Waals surface area contributed by atoms with Crippen LogP contribution < -0.4 is 10.2 Å². The first-order valence-electron chi connectivity index (χ1n) is 10.5. The molecule has 3 heterocycles. The number of hydrogen-bond acceptors (Lipinski definition) is 6. The number of anilines is 3. The zero-order valence-electron chi connectivity index (χ0n) is 17.9. The Morgan fingerprint density at radius 2 is 1.64 bits per heavy atom. The molecule has 1 fully saturated rings. The monoisotopic (exact) mass is 449 g/mol. The Labute approximate surface area is 188 Å². The number of hydrogen-bond donors (Lipinski definition) is 1. The van der Waals surface area contributed by atoms with Gasteiger partial charge in [-0.15, -0.1) is 0 Å². The molecule has 1 aliphatic heterocycles. The summed E-state index contributed by atoms with van der Waals surface area (Å²) >= 11 is 0. The number of amides is 1. The van der Waals surface area contributed by atoms with Crippen molar-refractivity contribution in [3.63, 3.8) is 0 Å². The number of nitrogens with zero attached hydrogens (tertiary/aromatic N) is 6. The molecule has 4 aromatic rings. The first kappa shape index (κ1) is 20.8. The number of rotatable bonds is 4. The average Bonchev–Trinajstić information content (AvgIpc) is 3.29. The smallest absolute Gasteiger partial charge is 0.232 e. The predicted molar refractivity (Wildman–Crippen MR) is 120 cm³/mol. The lowest BCUT2D eigenvalue weighted by atomic mass is 10.2. The molecule has 1 aliphatic rings. The molecule has 1 saturated heterocycles. The van der Waals surface area contributed by atoms with Crippen LogP contribution in [0.1, 0.15) is 6.92 Å². The van der Waals surface area contributed by atoms with Crippen molar-refractivity contribution in [2.45, 2.75) is 6.92 Å². The summed E-state index contributed by atoms with van der Waals surface area (Å²) in [6.07, 6.45) is 1.54. The Kier molecular flexibility index (Phi) is 5.33. The first-order chi connectivity index (χ1) is 16.0. The van der Waals surface area contributed by atoms with Crippen LogP contribution in [-0.4, -0.2) is 56.6 Å². The number of benzene rings is 2. The second kappa shape index (κ2) is 8.45. The van der Waals surface area contributed by atoms with Gasteiger partial charge >= 0.3 is 0 Å². The largest absolute Gasteiger partial charge is 0.368 e. The molecule has 5 rings (SSSR count). The van der Waals surface area contributed by atoms with Crippen LogP contribution in [0.4, 0.5) is 26.1 Å². The van der Waals surface area contributed by atoms with E-state index in [9.17, 15) is 13.6 Å². The highest BCUT2D eigenvalue weighted by atomic mass is 19.1. The minimum Gasteiger partial charge on any atom is -0.368 e. The Balaban J connectivity index is 1.40. The van der Waals surface area contributed by atoms with Crippen LogP contribution in [0, 0.1) is 11.6 Å². The maximum Gasteiger partial charge on any atom is 0.232 e. The summed E-state index contributed by atoms with van der Waals surface area (Å²) in [5, 5.41) is 7.38. The Hall–Kier alpha value is -4.08. The SMILES string of the molecule is CC(=O)N1CCN(c2ccc(Nc3nc(-c4c(F)cccc4F)nc4ccnn34)cc2)CC1. The number of nitrogens with one attached hydrogen (secondary N) is 1. The fraction of sp³-hybridized carbons (Fsp3) is 0.217. The molecule has 1 N–H and O–H groups in total. The van der Waals surface area contributed by atoms with Crippen molar-refractivity contribution in [3.8, 4) is 11.4 Å². The third kappa shape index (κ3) is 4.07. The van der Waals surface area contributed by atoms with Crippen molar-refractivity contribution < 1.29 is 13.6 Å². The Bertz CT molecular complexity index is 1290. The minimum atomic E-state index is -0.737. The number of carbonyl (C=O) groups is 1. The summed E-state index contributed by atoms with van der Waals surface area (Å²) in [4.78, 5) is 24.2. The number of halogens is 2. The van der Waals surface area contributed by atoms with E-state index >= 15 is 0 Å². The molecule has 0 radical (unpaired) electrons. The molecule has 2 aromatic carbocycles. The highest BCUT2D eigenvalue weighted by molar-refractivity contribution is 5.73. The van der Waals surface area contributed by atoms with Crippen molar-refractivity contribution in [2.24, 2.45) is 0 Å². The van der Waals surface area contributed by atoms with Crippen molar-refractivity contribution >= 4 is 28.9 Å². The normalized spacial score (nSPS) is 14.0. The van der Waals surface area contributed by atoms with Gasteiger partial charge in [0.2, 0.25) is 11.9 Å². The Morgan fingerprint density at radius 3 is 2.30 bits per heavy atom. The number of carbonyl (C=O) groups excluding carboxylic acids is 1. The maximum atomic E-state index is 14.3. The van der Waals surface area contributed by atoms with Gasteiger partial charge in [0.1, 0.15) is 11.6 Å². The molecule has 8 nitrogen and oxygen atoms in total. The predicted octanol–water partition coefficient (Wildman–Crippen LogP) is 3.48. The molecule has 0 spiro atoms. The van der Waals surface area contributed by atoms with Gasteiger partial charge in [0.25, 0.3) is 0 Å². The van der Waals surface area contributed by atoms with E-state index < -0.39 is 11.6 Å². The van der Waals surface area contributed by atoms with Gasteiger partial charge < -0.3 is 15.1 Å². The number of fused-ring (bicyclic) bond motifs is 1. The summed E-state index contributed by atoms with van der Waals surface area (Å²) in [5.41, 5.74) is 1.90. The van der Waals surface area contributed by atoms with Gasteiger partial charge in [-0.1, -0.05) is 6.07 Å². The minimum absolute atomic E-state index is 0.0685. The van der Waals surface area contributed by atoms with E-state index in [1.807, 2.05) is 29.2 Å². The second-order valence-electron chi connectivity index (χ2n) is 7.73. The van der Waals surface area contributed by atoms with E-state index in [2.05, 4.69) is 25.3 Å². The fourth-order valence-corrected chi connectivity index (χ4v) is 3.89. The fourth-order valence-electron chi connectivity index (χ4n) is 3.89. The highest BCUT2D eigenvalue weighted by Gasteiger charge is 2.19. The summed E-state index contributed by atoms with van der Waals surface area (Å²) < 4.78 is 30.1. The number of piperazine rings is 1. The van der Waals surface area contributed by atoms with Gasteiger partial charge in [-0.2, -0.15) is 14.6 Å². The third-order valence-electron chi connectivity index (χ3n) is 5.66. The third-order valence-corrected chi connectivity index (χ3v) is 5.66. The molecule has 0 bridgehead atoms. The zero-order chi connectivity index (χ0) is 22.9. The molecule has 0 saturated carbocycles. The van der Waals surface area contributed by atoms with E-state index in [4.69, 9.17) is 0 Å². The van der Waals surface area contributed by atoms with Crippen LogP contribution >= 0.6 is 0 Å².